The van der Waals surface area contributed by atoms with E-state index in [0.29, 0.717) is 36.2 Å². The monoisotopic (exact) mass is 432 g/mol. The smallest absolute Gasteiger partial charge is 0.328 e. The third-order valence-electron chi connectivity index (χ3n) is 4.67. The minimum Gasteiger partial charge on any atom is -0.328 e. The van der Waals surface area contributed by atoms with E-state index < -0.39 is 17.8 Å². The number of rotatable bonds is 3. The largest absolute Gasteiger partial charge is 0.418 e. The number of para-hydroxylation sites is 1. The van der Waals surface area contributed by atoms with Crippen LogP contribution >= 0.6 is 23.2 Å². The maximum atomic E-state index is 13.1. The van der Waals surface area contributed by atoms with Crippen LogP contribution in [0.15, 0.2) is 42.5 Å². The van der Waals surface area contributed by atoms with E-state index in [1.54, 1.807) is 6.07 Å². The molecule has 2 aromatic carbocycles. The zero-order chi connectivity index (χ0) is 20.3. The molecule has 1 aliphatic rings. The van der Waals surface area contributed by atoms with Gasteiger partial charge in [-0.2, -0.15) is 13.2 Å². The molecule has 2 N–H and O–H groups in total. The van der Waals surface area contributed by atoms with Crippen LogP contribution < -0.4 is 10.2 Å². The first-order valence-corrected chi connectivity index (χ1v) is 9.49. The van der Waals surface area contributed by atoms with Crippen LogP contribution in [-0.2, 0) is 12.7 Å². The van der Waals surface area contributed by atoms with Gasteiger partial charge in [0.2, 0.25) is 0 Å². The SMILES string of the molecule is O=C(Nc1ccccc1C(F)(F)F)N1CC[NH+](Cc2ccc(Cl)c(Cl)c2)CC1. The number of quaternary nitrogens is 1. The fourth-order valence-corrected chi connectivity index (χ4v) is 3.50. The van der Waals surface area contributed by atoms with E-state index in [4.69, 9.17) is 23.2 Å². The molecule has 0 radical (unpaired) electrons. The van der Waals surface area contributed by atoms with Crippen LogP contribution in [0.2, 0.25) is 10.0 Å². The van der Waals surface area contributed by atoms with E-state index in [9.17, 15) is 18.0 Å². The molecule has 9 heteroatoms. The first kappa shape index (κ1) is 20.8. The van der Waals surface area contributed by atoms with Crippen molar-refractivity contribution in [1.82, 2.24) is 4.90 Å². The van der Waals surface area contributed by atoms with E-state index in [-0.39, 0.29) is 5.69 Å². The van der Waals surface area contributed by atoms with Crippen LogP contribution in [-0.4, -0.2) is 37.1 Å². The van der Waals surface area contributed by atoms with Gasteiger partial charge in [-0.1, -0.05) is 41.4 Å². The van der Waals surface area contributed by atoms with E-state index in [1.807, 2.05) is 12.1 Å². The van der Waals surface area contributed by atoms with Crippen molar-refractivity contribution >= 4 is 34.9 Å². The number of alkyl halides is 3. The van der Waals surface area contributed by atoms with Gasteiger partial charge in [-0.15, -0.1) is 0 Å². The summed E-state index contributed by atoms with van der Waals surface area (Å²) in [6, 6.07) is 9.93. The van der Waals surface area contributed by atoms with Gasteiger partial charge in [0.05, 0.1) is 47.5 Å². The lowest BCUT2D eigenvalue weighted by Crippen LogP contribution is -3.13. The third kappa shape index (κ3) is 5.10. The van der Waals surface area contributed by atoms with Crippen LogP contribution in [0.5, 0.6) is 0 Å². The van der Waals surface area contributed by atoms with Crippen LogP contribution in [0, 0.1) is 0 Å². The van der Waals surface area contributed by atoms with Gasteiger partial charge < -0.3 is 15.1 Å². The van der Waals surface area contributed by atoms with Crippen molar-refractivity contribution in [3.05, 3.63) is 63.6 Å². The summed E-state index contributed by atoms with van der Waals surface area (Å²) < 4.78 is 39.2. The highest BCUT2D eigenvalue weighted by Crippen LogP contribution is 2.34. The molecule has 150 valence electrons. The molecule has 3 rings (SSSR count). The molecule has 4 nitrogen and oxygen atoms in total. The Labute approximate surface area is 170 Å². The normalized spacial score (nSPS) is 15.5. The van der Waals surface area contributed by atoms with Crippen molar-refractivity contribution in [2.75, 3.05) is 31.5 Å². The lowest BCUT2D eigenvalue weighted by atomic mass is 10.1. The molecule has 1 saturated heterocycles. The van der Waals surface area contributed by atoms with E-state index in [0.717, 1.165) is 18.2 Å². The van der Waals surface area contributed by atoms with Gasteiger partial charge in [0.1, 0.15) is 6.54 Å². The summed E-state index contributed by atoms with van der Waals surface area (Å²) in [5.74, 6) is 0. The second-order valence-corrected chi connectivity index (χ2v) is 7.45. The number of urea groups is 1. The summed E-state index contributed by atoms with van der Waals surface area (Å²) in [6.07, 6.45) is -4.52. The summed E-state index contributed by atoms with van der Waals surface area (Å²) in [5.41, 5.74) is -0.0424. The number of benzene rings is 2. The molecule has 2 amide bonds. The standard InChI is InChI=1S/C19H18Cl2F3N3O/c20-15-6-5-13(11-16(15)21)12-26-7-9-27(10-8-26)18(28)25-17-4-2-1-3-14(17)19(22,23)24/h1-6,11H,7-10,12H2,(H,25,28)/p+1. The van der Waals surface area contributed by atoms with Crippen LogP contribution in [0.1, 0.15) is 11.1 Å². The Bertz CT molecular complexity index is 853. The number of piperazine rings is 1. The predicted octanol–water partition coefficient (Wildman–Crippen LogP) is 3.94. The molecule has 0 unspecified atom stereocenters. The summed E-state index contributed by atoms with van der Waals surface area (Å²) in [6.45, 7) is 3.03. The number of carbonyl (C=O) groups is 1. The Morgan fingerprint density at radius 1 is 1.07 bits per heavy atom. The average Bonchev–Trinajstić information content (AvgIpc) is 2.65. The molecule has 0 saturated carbocycles. The summed E-state index contributed by atoms with van der Waals surface area (Å²) in [5, 5.41) is 3.39. The Balaban J connectivity index is 1.56. The predicted molar refractivity (Wildman–Crippen MR) is 103 cm³/mol. The molecule has 0 bridgehead atoms. The maximum Gasteiger partial charge on any atom is 0.418 e. The molecule has 0 spiro atoms. The highest BCUT2D eigenvalue weighted by molar-refractivity contribution is 6.42. The molecule has 0 aliphatic carbocycles. The Morgan fingerprint density at radius 3 is 2.39 bits per heavy atom. The number of carbonyl (C=O) groups excluding carboxylic acids is 1. The first-order valence-electron chi connectivity index (χ1n) is 8.73. The molecule has 2 aromatic rings. The van der Waals surface area contributed by atoms with Gasteiger partial charge in [-0.05, 0) is 24.3 Å². The van der Waals surface area contributed by atoms with Crippen LogP contribution in [0.4, 0.5) is 23.7 Å². The Kier molecular flexibility index (Phi) is 6.37. The fraction of sp³-hybridized carbons (Fsp3) is 0.316. The van der Waals surface area contributed by atoms with Crippen molar-refractivity contribution in [3.8, 4) is 0 Å². The van der Waals surface area contributed by atoms with Gasteiger partial charge in [-0.25, -0.2) is 4.79 Å². The van der Waals surface area contributed by atoms with Gasteiger partial charge in [0.25, 0.3) is 0 Å². The molecule has 1 heterocycles. The molecule has 1 aliphatic heterocycles. The van der Waals surface area contributed by atoms with Gasteiger partial charge >= 0.3 is 12.2 Å². The number of hydrogen-bond donors (Lipinski definition) is 2. The molecular formula is C19H19Cl2F3N3O+. The molecule has 0 aromatic heterocycles. The minimum absolute atomic E-state index is 0.231. The third-order valence-corrected chi connectivity index (χ3v) is 5.41. The van der Waals surface area contributed by atoms with E-state index in [1.165, 1.54) is 28.0 Å². The van der Waals surface area contributed by atoms with E-state index in [2.05, 4.69) is 5.32 Å². The summed E-state index contributed by atoms with van der Waals surface area (Å²) in [4.78, 5) is 15.2. The highest BCUT2D eigenvalue weighted by atomic mass is 35.5. The number of hydrogen-bond acceptors (Lipinski definition) is 1. The molecular weight excluding hydrogens is 414 g/mol. The van der Waals surface area contributed by atoms with Gasteiger partial charge in [0.15, 0.2) is 0 Å². The van der Waals surface area contributed by atoms with Crippen molar-refractivity contribution in [2.45, 2.75) is 12.7 Å². The quantitative estimate of drug-likeness (QED) is 0.756. The van der Waals surface area contributed by atoms with E-state index >= 15 is 0 Å². The lowest BCUT2D eigenvalue weighted by Gasteiger charge is -2.32. The first-order chi connectivity index (χ1) is 13.2. The second-order valence-electron chi connectivity index (χ2n) is 6.64. The number of nitrogens with one attached hydrogen (secondary N) is 2. The fourth-order valence-electron chi connectivity index (χ4n) is 3.17. The van der Waals surface area contributed by atoms with Crippen LogP contribution in [0.25, 0.3) is 0 Å². The van der Waals surface area contributed by atoms with Crippen molar-refractivity contribution in [1.29, 1.82) is 0 Å². The number of anilines is 1. The highest BCUT2D eigenvalue weighted by Gasteiger charge is 2.34. The van der Waals surface area contributed by atoms with Crippen LogP contribution in [0.3, 0.4) is 0 Å². The number of halogens is 5. The van der Waals surface area contributed by atoms with Crippen molar-refractivity contribution < 1.29 is 22.9 Å². The molecule has 1 fully saturated rings. The maximum absolute atomic E-state index is 13.1. The number of amides is 2. The Hall–Kier alpha value is -1.96. The Morgan fingerprint density at radius 2 is 1.75 bits per heavy atom. The molecule has 28 heavy (non-hydrogen) atoms. The topological polar surface area (TPSA) is 36.8 Å². The zero-order valence-corrected chi connectivity index (χ0v) is 16.3. The second kappa shape index (κ2) is 8.59. The van der Waals surface area contributed by atoms with Gasteiger partial charge in [-0.3, -0.25) is 0 Å². The molecule has 0 atom stereocenters. The lowest BCUT2D eigenvalue weighted by molar-refractivity contribution is -0.917. The van der Waals surface area contributed by atoms with Crippen molar-refractivity contribution in [2.24, 2.45) is 0 Å². The number of nitrogens with zero attached hydrogens (tertiary/aromatic N) is 1. The summed E-state index contributed by atoms with van der Waals surface area (Å²) in [7, 11) is 0. The average molecular weight is 433 g/mol. The van der Waals surface area contributed by atoms with Crippen molar-refractivity contribution in [3.63, 3.8) is 0 Å². The minimum atomic E-state index is -4.52. The summed E-state index contributed by atoms with van der Waals surface area (Å²) >= 11 is 12.0. The zero-order valence-electron chi connectivity index (χ0n) is 14.8. The van der Waals surface area contributed by atoms with Gasteiger partial charge in [0, 0.05) is 5.56 Å².